The molecule has 1 aliphatic heterocycles. The molecule has 0 aliphatic carbocycles. The molecule has 1 aromatic heterocycles. The van der Waals surface area contributed by atoms with Gasteiger partial charge in [-0.3, -0.25) is 0 Å². The first-order chi connectivity index (χ1) is 10.2. The number of rotatable bonds is 5. The Morgan fingerprint density at radius 2 is 2.00 bits per heavy atom. The molecule has 1 fully saturated rings. The van der Waals surface area contributed by atoms with Gasteiger partial charge in [-0.05, 0) is 49.3 Å². The van der Waals surface area contributed by atoms with E-state index in [1.165, 1.54) is 55.6 Å². The summed E-state index contributed by atoms with van der Waals surface area (Å²) in [7, 11) is 0. The molecule has 2 aromatic rings. The Labute approximate surface area is 138 Å². The van der Waals surface area contributed by atoms with E-state index in [-0.39, 0.29) is 6.15 Å². The Hall–Kier alpha value is -1.39. The average Bonchev–Trinajstić information content (AvgIpc) is 3.17. The van der Waals surface area contributed by atoms with Gasteiger partial charge in [-0.15, -0.1) is 11.3 Å². The van der Waals surface area contributed by atoms with Crippen molar-refractivity contribution in [2.24, 2.45) is 5.92 Å². The van der Waals surface area contributed by atoms with Crippen LogP contribution in [0.25, 0.3) is 10.6 Å². The number of nitrogens with zero attached hydrogens (tertiary/aromatic N) is 2. The largest absolute Gasteiger partial charge is 0.371 e. The molecule has 0 unspecified atom stereocenters. The zero-order valence-electron chi connectivity index (χ0n) is 13.7. The molecule has 1 aliphatic rings. The van der Waals surface area contributed by atoms with Gasteiger partial charge in [0.2, 0.25) is 0 Å². The van der Waals surface area contributed by atoms with Crippen LogP contribution in [-0.4, -0.2) is 18.1 Å². The zero-order valence-corrected chi connectivity index (χ0v) is 14.5. The molecule has 0 saturated carbocycles. The van der Waals surface area contributed by atoms with Crippen LogP contribution in [0.5, 0.6) is 0 Å². The monoisotopic (exact) mass is 317 g/mol. The lowest BCUT2D eigenvalue weighted by Gasteiger charge is -2.22. The number of anilines is 1. The van der Waals surface area contributed by atoms with Crippen molar-refractivity contribution in [1.29, 1.82) is 0 Å². The summed E-state index contributed by atoms with van der Waals surface area (Å²) in [6.45, 7) is 6.97. The van der Waals surface area contributed by atoms with Gasteiger partial charge in [-0.25, -0.2) is 4.98 Å². The van der Waals surface area contributed by atoms with Gasteiger partial charge in [-0.1, -0.05) is 19.9 Å². The third-order valence-corrected chi connectivity index (χ3v) is 4.99. The number of thiazole rings is 1. The molecule has 0 atom stereocenters. The second-order valence-corrected chi connectivity index (χ2v) is 7.21. The van der Waals surface area contributed by atoms with Crippen LogP contribution in [0.1, 0.15) is 38.7 Å². The van der Waals surface area contributed by atoms with Gasteiger partial charge in [0.05, 0.1) is 0 Å². The third-order valence-electron chi connectivity index (χ3n) is 4.18. The van der Waals surface area contributed by atoms with Gasteiger partial charge in [0, 0.05) is 35.9 Å². The Kier molecular flexibility index (Phi) is 5.98. The van der Waals surface area contributed by atoms with Crippen LogP contribution in [0.15, 0.2) is 29.8 Å². The minimum Gasteiger partial charge on any atom is -0.371 e. The summed E-state index contributed by atoms with van der Waals surface area (Å²) in [6.07, 6.45) is 6.97. The molecule has 3 N–H and O–H groups in total. The number of hydrogen-bond donors (Lipinski definition) is 1. The van der Waals surface area contributed by atoms with E-state index in [4.69, 9.17) is 0 Å². The van der Waals surface area contributed by atoms with Crippen molar-refractivity contribution in [2.75, 3.05) is 18.0 Å². The van der Waals surface area contributed by atoms with Gasteiger partial charge in [0.15, 0.2) is 0 Å². The van der Waals surface area contributed by atoms with E-state index < -0.39 is 0 Å². The molecule has 4 heteroatoms. The molecule has 0 radical (unpaired) electrons. The van der Waals surface area contributed by atoms with Crippen LogP contribution < -0.4 is 11.1 Å². The summed E-state index contributed by atoms with van der Waals surface area (Å²) < 4.78 is 0. The van der Waals surface area contributed by atoms with E-state index in [2.05, 4.69) is 47.3 Å². The SMILES string of the molecule is CC(C)CCc1ccc(-c2nccs2)c(N2CCCC2)c1.N. The molecular weight excluding hydrogens is 290 g/mol. The van der Waals surface area contributed by atoms with Gasteiger partial charge in [0.25, 0.3) is 0 Å². The van der Waals surface area contributed by atoms with Gasteiger partial charge in [-0.2, -0.15) is 0 Å². The molecule has 0 bridgehead atoms. The lowest BCUT2D eigenvalue weighted by molar-refractivity contribution is 0.587. The molecule has 1 aromatic carbocycles. The van der Waals surface area contributed by atoms with Crippen molar-refractivity contribution in [3.63, 3.8) is 0 Å². The molecule has 22 heavy (non-hydrogen) atoms. The maximum absolute atomic E-state index is 4.51. The summed E-state index contributed by atoms with van der Waals surface area (Å²) in [5, 5.41) is 3.21. The van der Waals surface area contributed by atoms with Gasteiger partial charge in [0.1, 0.15) is 5.01 Å². The minimum absolute atomic E-state index is 0. The molecule has 3 rings (SSSR count). The van der Waals surface area contributed by atoms with Crippen molar-refractivity contribution in [1.82, 2.24) is 11.1 Å². The number of aryl methyl sites for hydroxylation is 1. The van der Waals surface area contributed by atoms with Crippen molar-refractivity contribution >= 4 is 17.0 Å². The quantitative estimate of drug-likeness (QED) is 0.828. The van der Waals surface area contributed by atoms with Crippen molar-refractivity contribution < 1.29 is 0 Å². The smallest absolute Gasteiger partial charge is 0.125 e. The van der Waals surface area contributed by atoms with Crippen LogP contribution in [0, 0.1) is 5.92 Å². The van der Waals surface area contributed by atoms with Crippen LogP contribution in [-0.2, 0) is 6.42 Å². The van der Waals surface area contributed by atoms with Gasteiger partial charge < -0.3 is 11.1 Å². The molecular formula is C18H27N3S. The predicted octanol–water partition coefficient (Wildman–Crippen LogP) is 5.16. The first-order valence-electron chi connectivity index (χ1n) is 8.02. The maximum atomic E-state index is 4.51. The molecule has 1 saturated heterocycles. The van der Waals surface area contributed by atoms with E-state index >= 15 is 0 Å². The summed E-state index contributed by atoms with van der Waals surface area (Å²) in [5.41, 5.74) is 4.16. The van der Waals surface area contributed by atoms with E-state index in [0.717, 1.165) is 10.9 Å². The van der Waals surface area contributed by atoms with E-state index in [1.54, 1.807) is 11.3 Å². The average molecular weight is 318 g/mol. The number of hydrogen-bond acceptors (Lipinski definition) is 4. The number of aromatic nitrogens is 1. The minimum atomic E-state index is 0. The summed E-state index contributed by atoms with van der Waals surface area (Å²) in [5.74, 6) is 0.763. The molecule has 0 amide bonds. The molecule has 120 valence electrons. The zero-order chi connectivity index (χ0) is 14.7. The highest BCUT2D eigenvalue weighted by molar-refractivity contribution is 7.13. The van der Waals surface area contributed by atoms with Crippen LogP contribution in [0.4, 0.5) is 5.69 Å². The Bertz CT molecular complexity index is 572. The van der Waals surface area contributed by atoms with Crippen molar-refractivity contribution in [3.8, 4) is 10.6 Å². The first kappa shape index (κ1) is 17.0. The Morgan fingerprint density at radius 3 is 2.64 bits per heavy atom. The highest BCUT2D eigenvalue weighted by Gasteiger charge is 2.18. The normalized spacial score (nSPS) is 14.4. The predicted molar refractivity (Wildman–Crippen MR) is 97.2 cm³/mol. The number of benzene rings is 1. The summed E-state index contributed by atoms with van der Waals surface area (Å²) >= 11 is 1.74. The highest BCUT2D eigenvalue weighted by Crippen LogP contribution is 2.35. The van der Waals surface area contributed by atoms with Crippen molar-refractivity contribution in [3.05, 3.63) is 35.3 Å². The van der Waals surface area contributed by atoms with Crippen LogP contribution in [0.3, 0.4) is 0 Å². The fourth-order valence-electron chi connectivity index (χ4n) is 2.95. The summed E-state index contributed by atoms with van der Waals surface area (Å²) in [6, 6.07) is 6.98. The second kappa shape index (κ2) is 7.75. The van der Waals surface area contributed by atoms with Crippen LogP contribution in [0.2, 0.25) is 0 Å². The molecule has 2 heterocycles. The van der Waals surface area contributed by atoms with Gasteiger partial charge >= 0.3 is 0 Å². The Morgan fingerprint density at radius 1 is 1.23 bits per heavy atom. The highest BCUT2D eigenvalue weighted by atomic mass is 32.1. The fourth-order valence-corrected chi connectivity index (χ4v) is 3.62. The lowest BCUT2D eigenvalue weighted by atomic mass is 10.0. The van der Waals surface area contributed by atoms with E-state index in [1.807, 2.05) is 6.20 Å². The second-order valence-electron chi connectivity index (χ2n) is 6.32. The standard InChI is InChI=1S/C18H24N2S.H3N/c1-14(2)5-6-15-7-8-16(18-19-9-12-21-18)17(13-15)20-10-3-4-11-20;/h7-9,12-14H,3-6,10-11H2,1-2H3;1H3. The molecule has 0 spiro atoms. The third kappa shape index (κ3) is 3.87. The first-order valence-corrected chi connectivity index (χ1v) is 8.90. The van der Waals surface area contributed by atoms with Crippen molar-refractivity contribution in [2.45, 2.75) is 39.5 Å². The van der Waals surface area contributed by atoms with Crippen LogP contribution >= 0.6 is 11.3 Å². The summed E-state index contributed by atoms with van der Waals surface area (Å²) in [4.78, 5) is 7.05. The van der Waals surface area contributed by atoms with E-state index in [9.17, 15) is 0 Å². The fraction of sp³-hybridized carbons (Fsp3) is 0.500. The van der Waals surface area contributed by atoms with E-state index in [0.29, 0.717) is 0 Å². The Balaban J connectivity index is 0.00000176. The molecule has 3 nitrogen and oxygen atoms in total. The topological polar surface area (TPSA) is 51.1 Å². The maximum Gasteiger partial charge on any atom is 0.125 e. The lowest BCUT2D eigenvalue weighted by Crippen LogP contribution is -2.18.